The normalized spacial score (nSPS) is 12.4. The molecule has 0 aromatic carbocycles. The van der Waals surface area contributed by atoms with Crippen LogP contribution in [0.2, 0.25) is 0 Å². The molecule has 6 nitrogen and oxygen atoms in total. The van der Waals surface area contributed by atoms with E-state index in [9.17, 15) is 14.4 Å². The van der Waals surface area contributed by atoms with Crippen molar-refractivity contribution in [3.8, 4) is 0 Å². The zero-order chi connectivity index (χ0) is 48.9. The van der Waals surface area contributed by atoms with Crippen LogP contribution >= 0.6 is 0 Å². The van der Waals surface area contributed by atoms with Gasteiger partial charge in [-0.25, -0.2) is 0 Å². The number of rotatable bonds is 55. The molecule has 0 N–H and O–H groups in total. The highest BCUT2D eigenvalue weighted by atomic mass is 16.6. The molecule has 67 heavy (non-hydrogen) atoms. The largest absolute Gasteiger partial charge is 0.462 e. The van der Waals surface area contributed by atoms with Gasteiger partial charge < -0.3 is 14.2 Å². The van der Waals surface area contributed by atoms with Crippen molar-refractivity contribution in [3.63, 3.8) is 0 Å². The van der Waals surface area contributed by atoms with Gasteiger partial charge in [-0.2, -0.15) is 0 Å². The third-order valence-corrected chi connectivity index (χ3v) is 14.3. The van der Waals surface area contributed by atoms with Crippen LogP contribution in [0.25, 0.3) is 0 Å². The lowest BCUT2D eigenvalue weighted by Crippen LogP contribution is -2.30. The first-order chi connectivity index (χ1) is 32.8. The van der Waals surface area contributed by atoms with Crippen molar-refractivity contribution < 1.29 is 28.6 Å². The van der Waals surface area contributed by atoms with Gasteiger partial charge in [-0.3, -0.25) is 14.4 Å². The maximum absolute atomic E-state index is 12.9. The van der Waals surface area contributed by atoms with Crippen LogP contribution in [-0.2, 0) is 28.6 Å². The molecular formula is C61H118O6. The minimum absolute atomic E-state index is 0.0622. The Kier molecular flexibility index (Phi) is 52.5. The van der Waals surface area contributed by atoms with Crippen molar-refractivity contribution >= 4 is 17.9 Å². The smallest absolute Gasteiger partial charge is 0.306 e. The number of carbonyl (C=O) groups excluding carboxylic acids is 3. The summed E-state index contributed by atoms with van der Waals surface area (Å²) in [7, 11) is 0. The van der Waals surface area contributed by atoms with Gasteiger partial charge in [0.2, 0.25) is 0 Å². The summed E-state index contributed by atoms with van der Waals surface area (Å²) in [6.45, 7) is 11.5. The van der Waals surface area contributed by atoms with Crippen molar-refractivity contribution in [1.29, 1.82) is 0 Å². The molecule has 2 atom stereocenters. The zero-order valence-electron chi connectivity index (χ0n) is 46.0. The maximum Gasteiger partial charge on any atom is 0.306 e. The lowest BCUT2D eigenvalue weighted by molar-refractivity contribution is -0.167. The van der Waals surface area contributed by atoms with Crippen LogP contribution in [0.3, 0.4) is 0 Å². The fraction of sp³-hybridized carbons (Fsp3) is 0.951. The fourth-order valence-corrected chi connectivity index (χ4v) is 9.37. The molecular weight excluding hydrogens is 829 g/mol. The summed E-state index contributed by atoms with van der Waals surface area (Å²) in [5.41, 5.74) is 0. The number of unbranched alkanes of at least 4 members (excludes halogenated alkanes) is 39. The second-order valence-corrected chi connectivity index (χ2v) is 21.7. The molecule has 1 unspecified atom stereocenters. The summed E-state index contributed by atoms with van der Waals surface area (Å²) in [6.07, 6.45) is 58.0. The quantitative estimate of drug-likeness (QED) is 0.0343. The Morgan fingerprint density at radius 3 is 0.851 bits per heavy atom. The Morgan fingerprint density at radius 1 is 0.313 bits per heavy atom. The highest BCUT2D eigenvalue weighted by Crippen LogP contribution is 2.19. The molecule has 0 radical (unpaired) electrons. The van der Waals surface area contributed by atoms with Gasteiger partial charge in [-0.15, -0.1) is 0 Å². The molecule has 0 heterocycles. The fourth-order valence-electron chi connectivity index (χ4n) is 9.37. The molecule has 0 rings (SSSR count). The van der Waals surface area contributed by atoms with Crippen molar-refractivity contribution in [2.45, 2.75) is 349 Å². The molecule has 0 aromatic heterocycles. The first kappa shape index (κ1) is 65.4. The first-order valence-electron chi connectivity index (χ1n) is 30.3. The number of esters is 3. The molecule has 0 aliphatic rings. The summed E-state index contributed by atoms with van der Waals surface area (Å²) >= 11 is 0. The second-order valence-electron chi connectivity index (χ2n) is 21.7. The molecule has 0 amide bonds. The SMILES string of the molecule is CCCCCCCCCCCCCCC(=O)OC[C@@H](COC(=O)CCCCCCCCCCCCCCCCC(C)CC)OC(=O)CCCCCCCCCCCCCCCCCCC(C)C. The molecule has 0 aliphatic carbocycles. The van der Waals surface area contributed by atoms with Crippen LogP contribution in [-0.4, -0.2) is 37.2 Å². The Labute approximate surface area is 418 Å². The Morgan fingerprint density at radius 2 is 0.567 bits per heavy atom. The van der Waals surface area contributed by atoms with E-state index in [2.05, 4.69) is 34.6 Å². The van der Waals surface area contributed by atoms with Crippen molar-refractivity contribution in [2.75, 3.05) is 13.2 Å². The van der Waals surface area contributed by atoms with Crippen LogP contribution < -0.4 is 0 Å². The van der Waals surface area contributed by atoms with E-state index < -0.39 is 6.10 Å². The van der Waals surface area contributed by atoms with Crippen molar-refractivity contribution in [2.24, 2.45) is 11.8 Å². The molecule has 0 spiro atoms. The first-order valence-corrected chi connectivity index (χ1v) is 30.3. The molecule has 398 valence electrons. The number of hydrogen-bond acceptors (Lipinski definition) is 6. The van der Waals surface area contributed by atoms with Gasteiger partial charge >= 0.3 is 17.9 Å². The van der Waals surface area contributed by atoms with E-state index >= 15 is 0 Å². The van der Waals surface area contributed by atoms with Gasteiger partial charge in [0.25, 0.3) is 0 Å². The lowest BCUT2D eigenvalue weighted by atomic mass is 9.99. The minimum Gasteiger partial charge on any atom is -0.462 e. The van der Waals surface area contributed by atoms with Crippen LogP contribution in [0, 0.1) is 11.8 Å². The third kappa shape index (κ3) is 53.6. The van der Waals surface area contributed by atoms with Gasteiger partial charge in [-0.05, 0) is 31.1 Å². The summed E-state index contributed by atoms with van der Waals surface area (Å²) in [5, 5.41) is 0. The topological polar surface area (TPSA) is 78.9 Å². The van der Waals surface area contributed by atoms with E-state index in [1.165, 1.54) is 231 Å². The van der Waals surface area contributed by atoms with Crippen LogP contribution in [0.5, 0.6) is 0 Å². The minimum atomic E-state index is -0.763. The van der Waals surface area contributed by atoms with Gasteiger partial charge in [-0.1, -0.05) is 304 Å². The molecule has 0 fully saturated rings. The average Bonchev–Trinajstić information content (AvgIpc) is 3.31. The Balaban J connectivity index is 4.27. The number of carbonyl (C=O) groups is 3. The molecule has 6 heteroatoms. The summed E-state index contributed by atoms with van der Waals surface area (Å²) in [4.78, 5) is 38.2. The lowest BCUT2D eigenvalue weighted by Gasteiger charge is -2.18. The van der Waals surface area contributed by atoms with Crippen LogP contribution in [0.4, 0.5) is 0 Å². The van der Waals surface area contributed by atoms with Gasteiger partial charge in [0, 0.05) is 19.3 Å². The predicted molar refractivity (Wildman–Crippen MR) is 289 cm³/mol. The second kappa shape index (κ2) is 53.8. The third-order valence-electron chi connectivity index (χ3n) is 14.3. The number of hydrogen-bond donors (Lipinski definition) is 0. The zero-order valence-corrected chi connectivity index (χ0v) is 46.0. The van der Waals surface area contributed by atoms with E-state index in [1.807, 2.05) is 0 Å². The van der Waals surface area contributed by atoms with E-state index in [-0.39, 0.29) is 31.1 Å². The van der Waals surface area contributed by atoms with Crippen LogP contribution in [0.15, 0.2) is 0 Å². The average molecular weight is 948 g/mol. The highest BCUT2D eigenvalue weighted by molar-refractivity contribution is 5.71. The number of ether oxygens (including phenoxy) is 3. The van der Waals surface area contributed by atoms with Crippen molar-refractivity contribution in [1.82, 2.24) is 0 Å². The monoisotopic (exact) mass is 947 g/mol. The molecule has 0 saturated heterocycles. The maximum atomic E-state index is 12.9. The predicted octanol–water partition coefficient (Wildman–Crippen LogP) is 20.0. The standard InChI is InChI=1S/C61H118O6/c1-6-8-9-10-11-12-13-26-31-36-41-46-51-59(62)65-54-58(55-66-60(63)52-47-42-37-32-27-22-19-18-21-25-30-35-40-45-50-57(5)7-2)67-61(64)53-48-43-38-33-28-23-17-15-14-16-20-24-29-34-39-44-49-56(3)4/h56-58H,6-55H2,1-5H3/t57?,58-/m0/s1. The highest BCUT2D eigenvalue weighted by Gasteiger charge is 2.19. The van der Waals surface area contributed by atoms with Gasteiger partial charge in [0.15, 0.2) is 6.10 Å². The summed E-state index contributed by atoms with van der Waals surface area (Å²) in [5.74, 6) is 0.912. The van der Waals surface area contributed by atoms with E-state index in [4.69, 9.17) is 14.2 Å². The summed E-state index contributed by atoms with van der Waals surface area (Å²) in [6, 6.07) is 0. The van der Waals surface area contributed by atoms with E-state index in [0.717, 1.165) is 69.6 Å². The molecule has 0 aliphatic heterocycles. The van der Waals surface area contributed by atoms with E-state index in [0.29, 0.717) is 19.3 Å². The molecule has 0 bridgehead atoms. The van der Waals surface area contributed by atoms with Gasteiger partial charge in [0.1, 0.15) is 13.2 Å². The summed E-state index contributed by atoms with van der Waals surface area (Å²) < 4.78 is 16.9. The molecule has 0 aromatic rings. The Hall–Kier alpha value is -1.59. The van der Waals surface area contributed by atoms with Gasteiger partial charge in [0.05, 0.1) is 0 Å². The van der Waals surface area contributed by atoms with Crippen LogP contribution in [0.1, 0.15) is 343 Å². The Bertz CT molecular complexity index is 1030. The molecule has 0 saturated carbocycles. The van der Waals surface area contributed by atoms with E-state index in [1.54, 1.807) is 0 Å². The van der Waals surface area contributed by atoms with Crippen molar-refractivity contribution in [3.05, 3.63) is 0 Å².